The molecule has 0 radical (unpaired) electrons. The van der Waals surface area contributed by atoms with E-state index in [9.17, 15) is 9.59 Å². The highest BCUT2D eigenvalue weighted by Gasteiger charge is 2.26. The average Bonchev–Trinajstić information content (AvgIpc) is 3.00. The lowest BCUT2D eigenvalue weighted by molar-refractivity contribution is 0.0687. The van der Waals surface area contributed by atoms with Crippen molar-refractivity contribution in [1.29, 1.82) is 0 Å². The summed E-state index contributed by atoms with van der Waals surface area (Å²) in [4.78, 5) is 28.7. The zero-order valence-electron chi connectivity index (χ0n) is 13.1. The highest BCUT2D eigenvalue weighted by Crippen LogP contribution is 2.28. The first kappa shape index (κ1) is 15.3. The van der Waals surface area contributed by atoms with E-state index >= 15 is 0 Å². The van der Waals surface area contributed by atoms with Crippen LogP contribution in [-0.4, -0.2) is 40.0 Å². The largest absolute Gasteiger partial charge is 0.478 e. The zero-order chi connectivity index (χ0) is 16.4. The third kappa shape index (κ3) is 3.13. The number of carboxylic acids is 1. The van der Waals surface area contributed by atoms with Crippen LogP contribution >= 0.6 is 0 Å². The van der Waals surface area contributed by atoms with E-state index in [0.717, 1.165) is 30.6 Å². The number of hydrogen-bond donors (Lipinski definition) is 2. The van der Waals surface area contributed by atoms with Crippen molar-refractivity contribution in [3.05, 3.63) is 58.9 Å². The molecule has 1 aromatic heterocycles. The van der Waals surface area contributed by atoms with Gasteiger partial charge in [-0.15, -0.1) is 0 Å². The van der Waals surface area contributed by atoms with Crippen molar-refractivity contribution < 1.29 is 14.7 Å². The number of H-pyrrole nitrogens is 1. The Balaban J connectivity index is 1.78. The van der Waals surface area contributed by atoms with E-state index in [-0.39, 0.29) is 11.8 Å². The Kier molecular flexibility index (Phi) is 4.19. The summed E-state index contributed by atoms with van der Waals surface area (Å²) in [6.45, 7) is 3.27. The van der Waals surface area contributed by atoms with Gasteiger partial charge in [-0.3, -0.25) is 4.79 Å². The number of benzene rings is 1. The molecule has 0 bridgehead atoms. The summed E-state index contributed by atoms with van der Waals surface area (Å²) in [5, 5.41) is 9.14. The summed E-state index contributed by atoms with van der Waals surface area (Å²) in [7, 11) is 0. The number of amides is 1. The van der Waals surface area contributed by atoms with E-state index in [0.29, 0.717) is 17.7 Å². The smallest absolute Gasteiger partial charge is 0.335 e. The first-order valence-electron chi connectivity index (χ1n) is 7.83. The Morgan fingerprint density at radius 1 is 1.30 bits per heavy atom. The lowest BCUT2D eigenvalue weighted by Gasteiger charge is -2.33. The van der Waals surface area contributed by atoms with Gasteiger partial charge < -0.3 is 15.0 Å². The number of likely N-dealkylation sites (tertiary alicyclic amines) is 1. The summed E-state index contributed by atoms with van der Waals surface area (Å²) in [6.07, 6.45) is 3.68. The topological polar surface area (TPSA) is 73.4 Å². The van der Waals surface area contributed by atoms with Gasteiger partial charge in [-0.2, -0.15) is 0 Å². The summed E-state index contributed by atoms with van der Waals surface area (Å²) >= 11 is 0. The Bertz CT molecular complexity index is 735. The van der Waals surface area contributed by atoms with Crippen LogP contribution in [0.25, 0.3) is 0 Å². The minimum Gasteiger partial charge on any atom is -0.478 e. The molecule has 5 heteroatoms. The molecular formula is C18H20N2O3. The van der Waals surface area contributed by atoms with Crippen LogP contribution in [0.15, 0.2) is 36.5 Å². The number of aromatic amines is 1. The Labute approximate surface area is 134 Å². The SMILES string of the molecule is Cc1[nH]ccc1C(=O)N1CCCC(c2cccc(C(=O)O)c2)C1. The fourth-order valence-corrected chi connectivity index (χ4v) is 3.21. The van der Waals surface area contributed by atoms with E-state index in [1.165, 1.54) is 0 Å². The van der Waals surface area contributed by atoms with E-state index in [1.807, 2.05) is 24.0 Å². The molecule has 1 saturated heterocycles. The van der Waals surface area contributed by atoms with E-state index in [1.54, 1.807) is 24.4 Å². The van der Waals surface area contributed by atoms with Crippen LogP contribution in [0.4, 0.5) is 0 Å². The van der Waals surface area contributed by atoms with Crippen molar-refractivity contribution in [1.82, 2.24) is 9.88 Å². The van der Waals surface area contributed by atoms with Crippen molar-refractivity contribution in [3.63, 3.8) is 0 Å². The van der Waals surface area contributed by atoms with Crippen molar-refractivity contribution in [2.24, 2.45) is 0 Å². The number of piperidine rings is 1. The number of nitrogens with one attached hydrogen (secondary N) is 1. The van der Waals surface area contributed by atoms with Gasteiger partial charge in [-0.05, 0) is 43.5 Å². The van der Waals surface area contributed by atoms with Crippen molar-refractivity contribution >= 4 is 11.9 Å². The number of carbonyl (C=O) groups excluding carboxylic acids is 1. The molecular weight excluding hydrogens is 292 g/mol. The van der Waals surface area contributed by atoms with Gasteiger partial charge in [0.15, 0.2) is 0 Å². The molecule has 23 heavy (non-hydrogen) atoms. The number of hydrogen-bond acceptors (Lipinski definition) is 2. The highest BCUT2D eigenvalue weighted by atomic mass is 16.4. The third-order valence-corrected chi connectivity index (χ3v) is 4.50. The molecule has 120 valence electrons. The normalized spacial score (nSPS) is 18.0. The second-order valence-corrected chi connectivity index (χ2v) is 6.04. The van der Waals surface area contributed by atoms with E-state index < -0.39 is 5.97 Å². The summed E-state index contributed by atoms with van der Waals surface area (Å²) in [6, 6.07) is 8.86. The van der Waals surface area contributed by atoms with Gasteiger partial charge >= 0.3 is 5.97 Å². The molecule has 1 amide bonds. The van der Waals surface area contributed by atoms with Crippen molar-refractivity contribution in [2.75, 3.05) is 13.1 Å². The Hall–Kier alpha value is -2.56. The molecule has 1 aromatic carbocycles. The second-order valence-electron chi connectivity index (χ2n) is 6.04. The molecule has 1 atom stereocenters. The molecule has 5 nitrogen and oxygen atoms in total. The maximum Gasteiger partial charge on any atom is 0.335 e. The number of aromatic nitrogens is 1. The molecule has 1 aliphatic rings. The highest BCUT2D eigenvalue weighted by molar-refractivity contribution is 5.95. The lowest BCUT2D eigenvalue weighted by atomic mass is 9.89. The van der Waals surface area contributed by atoms with Crippen LogP contribution in [0.2, 0.25) is 0 Å². The molecule has 1 aliphatic heterocycles. The lowest BCUT2D eigenvalue weighted by Crippen LogP contribution is -2.39. The number of carboxylic acid groups (broad SMARTS) is 1. The first-order valence-corrected chi connectivity index (χ1v) is 7.83. The van der Waals surface area contributed by atoms with Gasteiger partial charge in [0.25, 0.3) is 5.91 Å². The van der Waals surface area contributed by atoms with Crippen molar-refractivity contribution in [2.45, 2.75) is 25.7 Å². The zero-order valence-corrected chi connectivity index (χ0v) is 13.1. The van der Waals surface area contributed by atoms with Crippen molar-refractivity contribution in [3.8, 4) is 0 Å². The molecule has 0 spiro atoms. The average molecular weight is 312 g/mol. The molecule has 3 rings (SSSR count). The molecule has 0 saturated carbocycles. The summed E-state index contributed by atoms with van der Waals surface area (Å²) in [5.74, 6) is -0.687. The Morgan fingerprint density at radius 3 is 2.83 bits per heavy atom. The van der Waals surface area contributed by atoms with Gasteiger partial charge in [0.05, 0.1) is 11.1 Å². The van der Waals surface area contributed by atoms with E-state index in [4.69, 9.17) is 5.11 Å². The Morgan fingerprint density at radius 2 is 2.13 bits per heavy atom. The predicted octanol–water partition coefficient (Wildman–Crippen LogP) is 3.04. The minimum atomic E-state index is -0.918. The van der Waals surface area contributed by atoms with E-state index in [2.05, 4.69) is 4.98 Å². The van der Waals surface area contributed by atoms with Crippen LogP contribution in [0.5, 0.6) is 0 Å². The standard InChI is InChI=1S/C18H20N2O3/c1-12-16(7-8-19-12)17(21)20-9-3-6-15(11-20)13-4-2-5-14(10-13)18(22)23/h2,4-5,7-8,10,15,19H,3,6,9,11H2,1H3,(H,22,23). The third-order valence-electron chi connectivity index (χ3n) is 4.50. The number of nitrogens with zero attached hydrogens (tertiary/aromatic N) is 1. The van der Waals surface area contributed by atoms with Gasteiger partial charge in [-0.25, -0.2) is 4.79 Å². The quantitative estimate of drug-likeness (QED) is 0.915. The van der Waals surface area contributed by atoms with Gasteiger partial charge in [-0.1, -0.05) is 12.1 Å². The molecule has 1 unspecified atom stereocenters. The number of carbonyl (C=O) groups is 2. The maximum atomic E-state index is 12.6. The predicted molar refractivity (Wildman–Crippen MR) is 86.8 cm³/mol. The molecule has 2 N–H and O–H groups in total. The fraction of sp³-hybridized carbons (Fsp3) is 0.333. The molecule has 2 aromatic rings. The molecule has 1 fully saturated rings. The van der Waals surface area contributed by atoms with Crippen LogP contribution < -0.4 is 0 Å². The fourth-order valence-electron chi connectivity index (χ4n) is 3.21. The minimum absolute atomic E-state index is 0.0443. The maximum absolute atomic E-state index is 12.6. The van der Waals surface area contributed by atoms with Gasteiger partial charge in [0, 0.05) is 30.9 Å². The van der Waals surface area contributed by atoms with Crippen LogP contribution in [-0.2, 0) is 0 Å². The number of aromatic carboxylic acids is 1. The van der Waals surface area contributed by atoms with Crippen LogP contribution in [0, 0.1) is 6.92 Å². The number of aryl methyl sites for hydroxylation is 1. The molecule has 2 heterocycles. The molecule has 0 aliphatic carbocycles. The second kappa shape index (κ2) is 6.28. The van der Waals surface area contributed by atoms with Crippen LogP contribution in [0.1, 0.15) is 50.7 Å². The monoisotopic (exact) mass is 312 g/mol. The van der Waals surface area contributed by atoms with Gasteiger partial charge in [0.1, 0.15) is 0 Å². The number of rotatable bonds is 3. The first-order chi connectivity index (χ1) is 11.1. The van der Waals surface area contributed by atoms with Gasteiger partial charge in [0.2, 0.25) is 0 Å². The summed E-state index contributed by atoms with van der Waals surface area (Å²) in [5.41, 5.74) is 2.88. The summed E-state index contributed by atoms with van der Waals surface area (Å²) < 4.78 is 0. The van der Waals surface area contributed by atoms with Crippen LogP contribution in [0.3, 0.4) is 0 Å².